The highest BCUT2D eigenvalue weighted by Crippen LogP contribution is 2.25. The van der Waals surface area contributed by atoms with Crippen LogP contribution >= 0.6 is 0 Å². The lowest BCUT2D eigenvalue weighted by Crippen LogP contribution is -2.38. The molecule has 0 spiro atoms. The van der Waals surface area contributed by atoms with Crippen molar-refractivity contribution < 1.29 is 0 Å². The Hall–Kier alpha value is -1.41. The lowest BCUT2D eigenvalue weighted by molar-refractivity contribution is 0.413. The number of benzene rings is 1. The quantitative estimate of drug-likeness (QED) is 0.871. The number of nitrogens with zero attached hydrogens (tertiary/aromatic N) is 1. The fraction of sp³-hybridized carbons (Fsp3) is 0.438. The van der Waals surface area contributed by atoms with E-state index in [1.165, 1.54) is 23.8 Å². The van der Waals surface area contributed by atoms with Crippen LogP contribution in [0.5, 0.6) is 0 Å². The molecule has 1 aliphatic heterocycles. The van der Waals surface area contributed by atoms with E-state index in [9.17, 15) is 0 Å². The van der Waals surface area contributed by atoms with Crippen molar-refractivity contribution >= 4 is 10.9 Å². The van der Waals surface area contributed by atoms with E-state index in [4.69, 9.17) is 0 Å². The maximum Gasteiger partial charge on any atom is 0.0705 e. The van der Waals surface area contributed by atoms with Gasteiger partial charge >= 0.3 is 0 Å². The number of pyridine rings is 1. The van der Waals surface area contributed by atoms with E-state index in [0.717, 1.165) is 24.2 Å². The zero-order valence-electron chi connectivity index (χ0n) is 11.2. The van der Waals surface area contributed by atoms with Gasteiger partial charge in [0, 0.05) is 16.6 Å². The fourth-order valence-electron chi connectivity index (χ4n) is 2.95. The van der Waals surface area contributed by atoms with E-state index in [1.807, 2.05) is 6.92 Å². The summed E-state index contributed by atoms with van der Waals surface area (Å²) in [6.07, 6.45) is 3.68. The first-order chi connectivity index (χ1) is 8.65. The van der Waals surface area contributed by atoms with Crippen LogP contribution < -0.4 is 5.32 Å². The minimum absolute atomic E-state index is 0.284. The van der Waals surface area contributed by atoms with Gasteiger partial charge in [0.1, 0.15) is 0 Å². The Morgan fingerprint density at radius 1 is 1.28 bits per heavy atom. The van der Waals surface area contributed by atoms with Gasteiger partial charge in [0.05, 0.1) is 5.52 Å². The fourth-order valence-corrected chi connectivity index (χ4v) is 2.95. The molecule has 0 amide bonds. The zero-order chi connectivity index (χ0) is 12.6. The van der Waals surface area contributed by atoms with Gasteiger partial charge in [0.25, 0.3) is 0 Å². The molecule has 0 saturated carbocycles. The second kappa shape index (κ2) is 4.36. The molecule has 0 radical (unpaired) electrons. The third kappa shape index (κ3) is 2.25. The van der Waals surface area contributed by atoms with Crippen LogP contribution in [0.25, 0.3) is 10.9 Å². The topological polar surface area (TPSA) is 24.9 Å². The summed E-state index contributed by atoms with van der Waals surface area (Å²) in [6, 6.07) is 10.9. The SMILES string of the molecule is Cc1ccc2cc(CC3(C)CCCN3)ccc2n1. The minimum Gasteiger partial charge on any atom is -0.311 e. The highest BCUT2D eigenvalue weighted by Gasteiger charge is 2.27. The first-order valence-corrected chi connectivity index (χ1v) is 6.76. The predicted octanol–water partition coefficient (Wildman–Crippen LogP) is 3.23. The first-order valence-electron chi connectivity index (χ1n) is 6.76. The van der Waals surface area contributed by atoms with Crippen LogP contribution in [-0.2, 0) is 6.42 Å². The van der Waals surface area contributed by atoms with Crippen molar-refractivity contribution in [1.29, 1.82) is 0 Å². The van der Waals surface area contributed by atoms with Crippen molar-refractivity contribution in [1.82, 2.24) is 10.3 Å². The molecule has 94 valence electrons. The van der Waals surface area contributed by atoms with Crippen LogP contribution in [0.3, 0.4) is 0 Å². The number of fused-ring (bicyclic) bond motifs is 1. The normalized spacial score (nSPS) is 23.7. The van der Waals surface area contributed by atoms with Gasteiger partial charge in [-0.05, 0) is 63.4 Å². The molecule has 1 aromatic heterocycles. The zero-order valence-corrected chi connectivity index (χ0v) is 11.2. The largest absolute Gasteiger partial charge is 0.311 e. The molecule has 2 nitrogen and oxygen atoms in total. The van der Waals surface area contributed by atoms with Gasteiger partial charge in [-0.25, -0.2) is 0 Å². The average molecular weight is 240 g/mol. The molecular weight excluding hydrogens is 220 g/mol. The van der Waals surface area contributed by atoms with Gasteiger partial charge < -0.3 is 5.32 Å². The number of aryl methyl sites for hydroxylation is 1. The van der Waals surface area contributed by atoms with E-state index in [-0.39, 0.29) is 5.54 Å². The van der Waals surface area contributed by atoms with Crippen molar-refractivity contribution in [2.24, 2.45) is 0 Å². The molecular formula is C16H20N2. The number of aromatic nitrogens is 1. The summed E-state index contributed by atoms with van der Waals surface area (Å²) in [5, 5.41) is 4.87. The van der Waals surface area contributed by atoms with Crippen LogP contribution in [0.4, 0.5) is 0 Å². The Balaban J connectivity index is 1.91. The van der Waals surface area contributed by atoms with Crippen LogP contribution in [-0.4, -0.2) is 17.1 Å². The molecule has 0 aliphatic carbocycles. The minimum atomic E-state index is 0.284. The number of hydrogen-bond acceptors (Lipinski definition) is 2. The summed E-state index contributed by atoms with van der Waals surface area (Å²) in [5.74, 6) is 0. The molecule has 18 heavy (non-hydrogen) atoms. The number of rotatable bonds is 2. The molecule has 1 aromatic carbocycles. The van der Waals surface area contributed by atoms with Crippen LogP contribution in [0.15, 0.2) is 30.3 Å². The highest BCUT2D eigenvalue weighted by molar-refractivity contribution is 5.79. The Morgan fingerprint density at radius 3 is 2.94 bits per heavy atom. The maximum atomic E-state index is 4.55. The Morgan fingerprint density at radius 2 is 2.17 bits per heavy atom. The van der Waals surface area contributed by atoms with Gasteiger partial charge in [-0.3, -0.25) is 4.98 Å². The molecule has 1 N–H and O–H groups in total. The summed E-state index contributed by atoms with van der Waals surface area (Å²) in [7, 11) is 0. The van der Waals surface area contributed by atoms with E-state index < -0.39 is 0 Å². The van der Waals surface area contributed by atoms with Gasteiger partial charge in [-0.1, -0.05) is 12.1 Å². The maximum absolute atomic E-state index is 4.55. The number of hydrogen-bond donors (Lipinski definition) is 1. The Kier molecular flexibility index (Phi) is 2.83. The third-order valence-corrected chi connectivity index (χ3v) is 3.94. The molecule has 3 rings (SSSR count). The Bertz CT molecular complexity index is 568. The highest BCUT2D eigenvalue weighted by atomic mass is 15.0. The summed E-state index contributed by atoms with van der Waals surface area (Å²) >= 11 is 0. The molecule has 2 heteroatoms. The van der Waals surface area contributed by atoms with Crippen LogP contribution in [0.1, 0.15) is 31.0 Å². The molecule has 1 fully saturated rings. The van der Waals surface area contributed by atoms with Gasteiger partial charge in [-0.2, -0.15) is 0 Å². The molecule has 1 aliphatic rings. The van der Waals surface area contributed by atoms with Crippen LogP contribution in [0.2, 0.25) is 0 Å². The Labute approximate surface area is 108 Å². The molecule has 1 atom stereocenters. The summed E-state index contributed by atoms with van der Waals surface area (Å²) < 4.78 is 0. The molecule has 1 saturated heterocycles. The molecule has 1 unspecified atom stereocenters. The van der Waals surface area contributed by atoms with E-state index >= 15 is 0 Å². The average Bonchev–Trinajstić information content (AvgIpc) is 2.76. The van der Waals surface area contributed by atoms with Gasteiger partial charge in [-0.15, -0.1) is 0 Å². The van der Waals surface area contributed by atoms with E-state index in [0.29, 0.717) is 0 Å². The van der Waals surface area contributed by atoms with Crippen molar-refractivity contribution in [3.63, 3.8) is 0 Å². The van der Waals surface area contributed by atoms with Crippen molar-refractivity contribution in [2.45, 2.75) is 38.6 Å². The van der Waals surface area contributed by atoms with Crippen molar-refractivity contribution in [3.8, 4) is 0 Å². The monoisotopic (exact) mass is 240 g/mol. The molecule has 0 bridgehead atoms. The van der Waals surface area contributed by atoms with E-state index in [2.05, 4.69) is 47.6 Å². The lowest BCUT2D eigenvalue weighted by Gasteiger charge is -2.24. The van der Waals surface area contributed by atoms with Gasteiger partial charge in [0.2, 0.25) is 0 Å². The smallest absolute Gasteiger partial charge is 0.0705 e. The van der Waals surface area contributed by atoms with Crippen molar-refractivity contribution in [3.05, 3.63) is 41.6 Å². The molecule has 2 aromatic rings. The lowest BCUT2D eigenvalue weighted by atomic mass is 9.91. The van der Waals surface area contributed by atoms with Crippen molar-refractivity contribution in [2.75, 3.05) is 6.54 Å². The predicted molar refractivity (Wildman–Crippen MR) is 75.8 cm³/mol. The number of nitrogens with one attached hydrogen (secondary N) is 1. The van der Waals surface area contributed by atoms with Crippen LogP contribution in [0, 0.1) is 6.92 Å². The summed E-state index contributed by atoms with van der Waals surface area (Å²) in [6.45, 7) is 5.53. The third-order valence-electron chi connectivity index (χ3n) is 3.94. The first kappa shape index (κ1) is 11.7. The molecule has 2 heterocycles. The van der Waals surface area contributed by atoms with E-state index in [1.54, 1.807) is 0 Å². The summed E-state index contributed by atoms with van der Waals surface area (Å²) in [5.41, 5.74) is 3.87. The standard InChI is InChI=1S/C16H20N2/c1-12-4-6-14-10-13(5-7-15(14)18-12)11-16(2)8-3-9-17-16/h4-7,10,17H,3,8-9,11H2,1-2H3. The summed E-state index contributed by atoms with van der Waals surface area (Å²) in [4.78, 5) is 4.55. The second-order valence-corrected chi connectivity index (χ2v) is 5.75. The van der Waals surface area contributed by atoms with Gasteiger partial charge in [0.15, 0.2) is 0 Å². The second-order valence-electron chi connectivity index (χ2n) is 5.75.